The minimum Gasteiger partial charge on any atom is -0.460 e. The van der Waals surface area contributed by atoms with Crippen molar-refractivity contribution in [3.05, 3.63) is 128 Å². The highest BCUT2D eigenvalue weighted by atomic mass is 16.6. The number of hydrogen-bond donors (Lipinski definition) is 0. The standard InChI is InChI=1S/C39H48O7/c1-9-38(40)45-13-11-42-22-34-19-32(26(3)15-28(34)5)18-33-20-35(29(6)16-27(33)4)24-44-25-37-21-36(30(7)17-31(37)8)23-43-12-14-46-39(41)10-2/h9-10,15-17,19-21H,1-2,11-14,18,22-25H2,3-8H3. The van der Waals surface area contributed by atoms with E-state index in [1.54, 1.807) is 0 Å². The van der Waals surface area contributed by atoms with Crippen LogP contribution in [0.5, 0.6) is 0 Å². The van der Waals surface area contributed by atoms with Crippen LogP contribution >= 0.6 is 0 Å². The van der Waals surface area contributed by atoms with Gasteiger partial charge in [0.05, 0.1) is 39.6 Å². The van der Waals surface area contributed by atoms with Gasteiger partial charge in [0.15, 0.2) is 0 Å². The molecule has 0 heterocycles. The highest BCUT2D eigenvalue weighted by molar-refractivity contribution is 5.81. The highest BCUT2D eigenvalue weighted by Crippen LogP contribution is 2.25. The summed E-state index contributed by atoms with van der Waals surface area (Å²) in [4.78, 5) is 22.4. The average molecular weight is 629 g/mol. The molecule has 0 aliphatic carbocycles. The summed E-state index contributed by atoms with van der Waals surface area (Å²) in [5, 5.41) is 0. The molecule has 0 atom stereocenters. The van der Waals surface area contributed by atoms with Crippen LogP contribution < -0.4 is 0 Å². The van der Waals surface area contributed by atoms with E-state index in [4.69, 9.17) is 23.7 Å². The smallest absolute Gasteiger partial charge is 0.330 e. The molecule has 0 aliphatic rings. The minimum atomic E-state index is -0.450. The van der Waals surface area contributed by atoms with Crippen LogP contribution in [0.3, 0.4) is 0 Å². The number of carbonyl (C=O) groups is 2. The molecule has 0 aromatic heterocycles. The molecule has 0 saturated heterocycles. The van der Waals surface area contributed by atoms with Crippen LogP contribution in [0.2, 0.25) is 0 Å². The second-order valence-electron chi connectivity index (χ2n) is 11.6. The summed E-state index contributed by atoms with van der Waals surface area (Å²) in [6.45, 7) is 22.4. The lowest BCUT2D eigenvalue weighted by Gasteiger charge is -2.17. The maximum atomic E-state index is 11.2. The van der Waals surface area contributed by atoms with Crippen LogP contribution in [0, 0.1) is 41.5 Å². The van der Waals surface area contributed by atoms with Crippen molar-refractivity contribution in [2.24, 2.45) is 0 Å². The van der Waals surface area contributed by atoms with E-state index in [0.29, 0.717) is 39.6 Å². The molecule has 3 rings (SSSR count). The minimum absolute atomic E-state index is 0.194. The molecule has 0 saturated carbocycles. The van der Waals surface area contributed by atoms with Gasteiger partial charge in [0.25, 0.3) is 0 Å². The van der Waals surface area contributed by atoms with E-state index in [1.165, 1.54) is 44.5 Å². The summed E-state index contributed by atoms with van der Waals surface area (Å²) >= 11 is 0. The van der Waals surface area contributed by atoms with Gasteiger partial charge >= 0.3 is 11.9 Å². The first-order valence-corrected chi connectivity index (χ1v) is 15.6. The molecule has 46 heavy (non-hydrogen) atoms. The number of esters is 2. The van der Waals surface area contributed by atoms with Gasteiger partial charge in [0.2, 0.25) is 0 Å². The summed E-state index contributed by atoms with van der Waals surface area (Å²) in [5.74, 6) is -0.895. The van der Waals surface area contributed by atoms with Gasteiger partial charge < -0.3 is 23.7 Å². The van der Waals surface area contributed by atoms with Crippen molar-refractivity contribution in [2.45, 2.75) is 74.4 Å². The SMILES string of the molecule is C=CC(=O)OCCOCc1cc(COCc2cc(Cc3cc(COCCOC(=O)C=C)c(C)cc3C)c(C)cc2C)c(C)cc1C. The van der Waals surface area contributed by atoms with E-state index in [9.17, 15) is 9.59 Å². The second-order valence-corrected chi connectivity index (χ2v) is 11.6. The number of rotatable bonds is 18. The summed E-state index contributed by atoms with van der Waals surface area (Å²) in [6, 6.07) is 13.2. The monoisotopic (exact) mass is 628 g/mol. The first-order valence-electron chi connectivity index (χ1n) is 15.6. The fourth-order valence-corrected chi connectivity index (χ4v) is 5.21. The maximum Gasteiger partial charge on any atom is 0.330 e. The van der Waals surface area contributed by atoms with Crippen molar-refractivity contribution >= 4 is 11.9 Å². The van der Waals surface area contributed by atoms with Gasteiger partial charge in [0.1, 0.15) is 13.2 Å². The molecule has 0 fully saturated rings. The van der Waals surface area contributed by atoms with Gasteiger partial charge in [-0.25, -0.2) is 9.59 Å². The highest BCUT2D eigenvalue weighted by Gasteiger charge is 2.12. The summed E-state index contributed by atoms with van der Waals surface area (Å²) in [6.07, 6.45) is 3.10. The van der Waals surface area contributed by atoms with Crippen LogP contribution in [0.4, 0.5) is 0 Å². The third-order valence-corrected chi connectivity index (χ3v) is 8.07. The Kier molecular flexibility index (Phi) is 14.4. The first kappa shape index (κ1) is 36.4. The Morgan fingerprint density at radius 1 is 0.478 bits per heavy atom. The Balaban J connectivity index is 1.63. The van der Waals surface area contributed by atoms with Gasteiger partial charge in [-0.15, -0.1) is 0 Å². The van der Waals surface area contributed by atoms with Crippen molar-refractivity contribution < 1.29 is 33.3 Å². The molecule has 0 aliphatic heterocycles. The van der Waals surface area contributed by atoms with E-state index >= 15 is 0 Å². The van der Waals surface area contributed by atoms with Crippen molar-refractivity contribution in [1.29, 1.82) is 0 Å². The molecule has 0 amide bonds. The van der Waals surface area contributed by atoms with Gasteiger partial charge in [-0.2, -0.15) is 0 Å². The normalized spacial score (nSPS) is 10.9. The molecule has 3 aromatic carbocycles. The largest absolute Gasteiger partial charge is 0.460 e. The van der Waals surface area contributed by atoms with Gasteiger partial charge in [-0.05, 0) is 115 Å². The van der Waals surface area contributed by atoms with E-state index in [0.717, 1.165) is 40.8 Å². The molecular formula is C39H48O7. The lowest BCUT2D eigenvalue weighted by atomic mass is 9.91. The molecule has 0 spiro atoms. The van der Waals surface area contributed by atoms with Crippen molar-refractivity contribution in [2.75, 3.05) is 26.4 Å². The molecule has 0 radical (unpaired) electrons. The van der Waals surface area contributed by atoms with Crippen molar-refractivity contribution in [1.82, 2.24) is 0 Å². The zero-order valence-electron chi connectivity index (χ0n) is 28.3. The maximum absolute atomic E-state index is 11.2. The summed E-state index contributed by atoms with van der Waals surface area (Å²) in [7, 11) is 0. The third-order valence-electron chi connectivity index (χ3n) is 8.07. The van der Waals surface area contributed by atoms with Crippen molar-refractivity contribution in [3.8, 4) is 0 Å². The number of aryl methyl sites for hydroxylation is 6. The molecule has 7 nitrogen and oxygen atoms in total. The number of hydrogen-bond acceptors (Lipinski definition) is 7. The van der Waals surface area contributed by atoms with Crippen LogP contribution in [0.25, 0.3) is 0 Å². The van der Waals surface area contributed by atoms with E-state index in [1.807, 2.05) is 0 Å². The topological polar surface area (TPSA) is 80.3 Å². The van der Waals surface area contributed by atoms with Gasteiger partial charge in [0, 0.05) is 12.2 Å². The van der Waals surface area contributed by atoms with Crippen LogP contribution in [0.15, 0.2) is 61.7 Å². The Hall–Kier alpha value is -4.04. The van der Waals surface area contributed by atoms with Crippen LogP contribution in [-0.4, -0.2) is 38.4 Å². The molecule has 0 unspecified atom stereocenters. The van der Waals surface area contributed by atoms with E-state index < -0.39 is 11.9 Å². The third kappa shape index (κ3) is 11.1. The quantitative estimate of drug-likeness (QED) is 0.0829. The average Bonchev–Trinajstić information content (AvgIpc) is 3.02. The van der Waals surface area contributed by atoms with Crippen molar-refractivity contribution in [3.63, 3.8) is 0 Å². The Morgan fingerprint density at radius 3 is 1.13 bits per heavy atom. The molecule has 3 aromatic rings. The summed E-state index contributed by atoms with van der Waals surface area (Å²) in [5.41, 5.74) is 14.2. The first-order chi connectivity index (χ1) is 22.0. The zero-order chi connectivity index (χ0) is 33.6. The number of ether oxygens (including phenoxy) is 5. The lowest BCUT2D eigenvalue weighted by Crippen LogP contribution is -2.09. The second kappa shape index (κ2) is 18.2. The molecule has 0 N–H and O–H groups in total. The predicted molar refractivity (Wildman–Crippen MR) is 181 cm³/mol. The zero-order valence-corrected chi connectivity index (χ0v) is 28.3. The van der Waals surface area contributed by atoms with Crippen LogP contribution in [-0.2, 0) is 66.1 Å². The van der Waals surface area contributed by atoms with E-state index in [2.05, 4.69) is 91.1 Å². The van der Waals surface area contributed by atoms with Crippen LogP contribution in [0.1, 0.15) is 66.8 Å². The van der Waals surface area contributed by atoms with E-state index in [-0.39, 0.29) is 13.2 Å². The molecule has 246 valence electrons. The number of carbonyl (C=O) groups excluding carboxylic acids is 2. The Morgan fingerprint density at radius 2 is 0.783 bits per heavy atom. The Bertz CT molecular complexity index is 1540. The Labute approximate surface area is 274 Å². The lowest BCUT2D eigenvalue weighted by molar-refractivity contribution is -0.140. The fourth-order valence-electron chi connectivity index (χ4n) is 5.21. The fraction of sp³-hybridized carbons (Fsp3) is 0.385. The molecular weight excluding hydrogens is 580 g/mol. The molecule has 7 heteroatoms. The number of benzene rings is 3. The molecule has 0 bridgehead atoms. The van der Waals surface area contributed by atoms with Gasteiger partial charge in [-0.3, -0.25) is 0 Å². The summed E-state index contributed by atoms with van der Waals surface area (Å²) < 4.78 is 27.8. The van der Waals surface area contributed by atoms with Gasteiger partial charge in [-0.1, -0.05) is 49.6 Å². The predicted octanol–water partition coefficient (Wildman–Crippen LogP) is 7.34.